The van der Waals surface area contributed by atoms with Gasteiger partial charge in [-0.1, -0.05) is 20.8 Å². The minimum absolute atomic E-state index is 0.0167. The zero-order valence-corrected chi connectivity index (χ0v) is 13.4. The van der Waals surface area contributed by atoms with E-state index in [1.807, 2.05) is 27.7 Å². The van der Waals surface area contributed by atoms with Crippen LogP contribution in [0, 0.1) is 5.92 Å². The Morgan fingerprint density at radius 1 is 1.33 bits per heavy atom. The number of hydrogen-bond donors (Lipinski definition) is 1. The lowest BCUT2D eigenvalue weighted by molar-refractivity contribution is -0.121. The normalized spacial score (nSPS) is 12.2. The Labute approximate surface area is 126 Å². The molecule has 0 bridgehead atoms. The third kappa shape index (κ3) is 5.61. The van der Waals surface area contributed by atoms with Gasteiger partial charge in [0.1, 0.15) is 6.26 Å². The van der Waals surface area contributed by atoms with E-state index in [4.69, 9.17) is 4.42 Å². The minimum Gasteiger partial charge on any atom is -0.472 e. The maximum absolute atomic E-state index is 12.4. The van der Waals surface area contributed by atoms with E-state index in [9.17, 15) is 9.59 Å². The summed E-state index contributed by atoms with van der Waals surface area (Å²) in [7, 11) is 0. The topological polar surface area (TPSA) is 62.6 Å². The number of carbonyl (C=O) groups is 2. The van der Waals surface area contributed by atoms with E-state index in [2.05, 4.69) is 5.32 Å². The van der Waals surface area contributed by atoms with Gasteiger partial charge in [0.25, 0.3) is 5.91 Å². The third-order valence-electron chi connectivity index (χ3n) is 3.44. The van der Waals surface area contributed by atoms with Gasteiger partial charge in [0.05, 0.1) is 11.8 Å². The molecule has 0 spiro atoms. The molecule has 1 N–H and O–H groups in total. The van der Waals surface area contributed by atoms with Gasteiger partial charge in [0.15, 0.2) is 0 Å². The summed E-state index contributed by atoms with van der Waals surface area (Å²) in [6, 6.07) is 1.74. The smallest absolute Gasteiger partial charge is 0.257 e. The molecule has 1 rings (SSSR count). The first-order valence-electron chi connectivity index (χ1n) is 7.55. The van der Waals surface area contributed by atoms with E-state index in [1.165, 1.54) is 12.5 Å². The van der Waals surface area contributed by atoms with Crippen molar-refractivity contribution in [3.63, 3.8) is 0 Å². The van der Waals surface area contributed by atoms with E-state index < -0.39 is 0 Å². The van der Waals surface area contributed by atoms with Crippen molar-refractivity contribution in [3.8, 4) is 0 Å². The van der Waals surface area contributed by atoms with Gasteiger partial charge < -0.3 is 14.6 Å². The summed E-state index contributed by atoms with van der Waals surface area (Å²) in [6.07, 6.45) is 4.09. The summed E-state index contributed by atoms with van der Waals surface area (Å²) in [5.74, 6) is 0.318. The summed E-state index contributed by atoms with van der Waals surface area (Å²) in [5.41, 5.74) is 0.526. The van der Waals surface area contributed by atoms with Crippen molar-refractivity contribution in [2.45, 2.75) is 46.6 Å². The highest BCUT2D eigenvalue weighted by Crippen LogP contribution is 2.12. The van der Waals surface area contributed by atoms with E-state index in [0.29, 0.717) is 31.0 Å². The Kier molecular flexibility index (Phi) is 6.99. The van der Waals surface area contributed by atoms with Crippen molar-refractivity contribution in [1.29, 1.82) is 0 Å². The van der Waals surface area contributed by atoms with Crippen LogP contribution in [-0.2, 0) is 4.79 Å². The quantitative estimate of drug-likeness (QED) is 0.802. The van der Waals surface area contributed by atoms with Crippen LogP contribution < -0.4 is 5.32 Å². The average molecular weight is 294 g/mol. The fraction of sp³-hybridized carbons (Fsp3) is 0.625. The van der Waals surface area contributed by atoms with Gasteiger partial charge in [-0.2, -0.15) is 0 Å². The predicted octanol–water partition coefficient (Wildman–Crippen LogP) is 2.68. The first-order chi connectivity index (χ1) is 9.95. The largest absolute Gasteiger partial charge is 0.472 e. The molecule has 0 fully saturated rings. The number of hydrogen-bond acceptors (Lipinski definition) is 3. The summed E-state index contributed by atoms with van der Waals surface area (Å²) in [4.78, 5) is 26.0. The molecule has 0 saturated heterocycles. The van der Waals surface area contributed by atoms with Crippen LogP contribution in [0.5, 0.6) is 0 Å². The number of carbonyl (C=O) groups excluding carboxylic acids is 2. The minimum atomic E-state index is -0.0882. The molecule has 1 heterocycles. The zero-order chi connectivity index (χ0) is 15.8. The second-order valence-corrected chi connectivity index (χ2v) is 5.72. The SMILES string of the molecule is CCC(C)N(CCC(=O)NCC(C)C)C(=O)c1ccoc1. The van der Waals surface area contributed by atoms with Gasteiger partial charge in [-0.25, -0.2) is 0 Å². The molecule has 0 aliphatic heterocycles. The van der Waals surface area contributed by atoms with Crippen LogP contribution >= 0.6 is 0 Å². The lowest BCUT2D eigenvalue weighted by Gasteiger charge is -2.28. The Morgan fingerprint density at radius 2 is 2.05 bits per heavy atom. The third-order valence-corrected chi connectivity index (χ3v) is 3.44. The second kappa shape index (κ2) is 8.49. The van der Waals surface area contributed by atoms with Crippen molar-refractivity contribution >= 4 is 11.8 Å². The van der Waals surface area contributed by atoms with Gasteiger partial charge >= 0.3 is 0 Å². The Bertz CT molecular complexity index is 440. The predicted molar refractivity (Wildman–Crippen MR) is 82.0 cm³/mol. The van der Waals surface area contributed by atoms with E-state index in [-0.39, 0.29) is 17.9 Å². The van der Waals surface area contributed by atoms with Crippen LogP contribution in [0.1, 0.15) is 50.9 Å². The van der Waals surface area contributed by atoms with Crippen molar-refractivity contribution in [3.05, 3.63) is 24.2 Å². The molecule has 5 heteroatoms. The van der Waals surface area contributed by atoms with Crippen LogP contribution in [0.4, 0.5) is 0 Å². The molecule has 0 saturated carbocycles. The standard InChI is InChI=1S/C16H26N2O3/c1-5-13(4)18(16(20)14-7-9-21-11-14)8-6-15(19)17-10-12(2)3/h7,9,11-13H,5-6,8,10H2,1-4H3,(H,17,19). The molecule has 0 aromatic carbocycles. The highest BCUT2D eigenvalue weighted by atomic mass is 16.3. The van der Waals surface area contributed by atoms with E-state index in [1.54, 1.807) is 11.0 Å². The lowest BCUT2D eigenvalue weighted by Crippen LogP contribution is -2.41. The van der Waals surface area contributed by atoms with Crippen LogP contribution in [-0.4, -0.2) is 35.8 Å². The fourth-order valence-corrected chi connectivity index (χ4v) is 1.92. The van der Waals surface area contributed by atoms with Crippen molar-refractivity contribution in [2.24, 2.45) is 5.92 Å². The maximum Gasteiger partial charge on any atom is 0.257 e. The summed E-state index contributed by atoms with van der Waals surface area (Å²) >= 11 is 0. The Balaban J connectivity index is 2.59. The number of nitrogens with one attached hydrogen (secondary N) is 1. The second-order valence-electron chi connectivity index (χ2n) is 5.72. The van der Waals surface area contributed by atoms with E-state index in [0.717, 1.165) is 6.42 Å². The molecule has 21 heavy (non-hydrogen) atoms. The number of furan rings is 1. The highest BCUT2D eigenvalue weighted by molar-refractivity contribution is 5.94. The first-order valence-corrected chi connectivity index (χ1v) is 7.55. The Hall–Kier alpha value is -1.78. The van der Waals surface area contributed by atoms with Crippen LogP contribution in [0.25, 0.3) is 0 Å². The molecule has 1 aromatic heterocycles. The van der Waals surface area contributed by atoms with Crippen LogP contribution in [0.15, 0.2) is 23.0 Å². The highest BCUT2D eigenvalue weighted by Gasteiger charge is 2.21. The molecule has 1 aromatic rings. The van der Waals surface area contributed by atoms with Gasteiger partial charge in [-0.3, -0.25) is 9.59 Å². The fourth-order valence-electron chi connectivity index (χ4n) is 1.92. The molecule has 118 valence electrons. The van der Waals surface area contributed by atoms with Crippen molar-refractivity contribution < 1.29 is 14.0 Å². The van der Waals surface area contributed by atoms with Gasteiger partial charge in [-0.15, -0.1) is 0 Å². The molecule has 2 amide bonds. The first kappa shape index (κ1) is 17.3. The summed E-state index contributed by atoms with van der Waals surface area (Å²) < 4.78 is 4.96. The lowest BCUT2D eigenvalue weighted by atomic mass is 10.1. The van der Waals surface area contributed by atoms with Crippen LogP contribution in [0.2, 0.25) is 0 Å². The monoisotopic (exact) mass is 294 g/mol. The molecule has 1 atom stereocenters. The molecule has 0 aliphatic carbocycles. The van der Waals surface area contributed by atoms with E-state index >= 15 is 0 Å². The maximum atomic E-state index is 12.4. The van der Waals surface area contributed by atoms with Crippen molar-refractivity contribution in [2.75, 3.05) is 13.1 Å². The number of rotatable bonds is 8. The molecular formula is C16H26N2O3. The van der Waals surface area contributed by atoms with Gasteiger partial charge in [0.2, 0.25) is 5.91 Å². The number of amides is 2. The summed E-state index contributed by atoms with van der Waals surface area (Å²) in [5, 5.41) is 2.87. The Morgan fingerprint density at radius 3 is 2.57 bits per heavy atom. The number of nitrogens with zero attached hydrogens (tertiary/aromatic N) is 1. The van der Waals surface area contributed by atoms with Gasteiger partial charge in [0, 0.05) is 25.6 Å². The van der Waals surface area contributed by atoms with Gasteiger partial charge in [-0.05, 0) is 25.3 Å². The molecular weight excluding hydrogens is 268 g/mol. The summed E-state index contributed by atoms with van der Waals surface area (Å²) in [6.45, 7) is 9.20. The van der Waals surface area contributed by atoms with Crippen molar-refractivity contribution in [1.82, 2.24) is 10.2 Å². The zero-order valence-electron chi connectivity index (χ0n) is 13.4. The molecule has 0 radical (unpaired) electrons. The van der Waals surface area contributed by atoms with Crippen LogP contribution in [0.3, 0.4) is 0 Å². The molecule has 5 nitrogen and oxygen atoms in total. The molecule has 0 aliphatic rings. The average Bonchev–Trinajstić information content (AvgIpc) is 2.98. The molecule has 1 unspecified atom stereocenters.